The van der Waals surface area contributed by atoms with Gasteiger partial charge in [-0.25, -0.2) is 0 Å². The van der Waals surface area contributed by atoms with E-state index in [1.54, 1.807) is 0 Å². The molecule has 0 heterocycles. The van der Waals surface area contributed by atoms with E-state index < -0.39 is 11.9 Å². The molecule has 0 fully saturated rings. The van der Waals surface area contributed by atoms with Gasteiger partial charge in [-0.3, -0.25) is 9.59 Å². The smallest absolute Gasteiger partial charge is 0.306 e. The normalized spacial score (nSPS) is 12.2. The van der Waals surface area contributed by atoms with E-state index in [9.17, 15) is 9.59 Å². The third-order valence-corrected chi connectivity index (χ3v) is 3.22. The summed E-state index contributed by atoms with van der Waals surface area (Å²) in [6.45, 7) is 5.64. The van der Waals surface area contributed by atoms with Crippen molar-refractivity contribution in [2.24, 2.45) is 11.8 Å². The number of carboxylic acid groups (broad SMARTS) is 1. The van der Waals surface area contributed by atoms with Gasteiger partial charge in [-0.2, -0.15) is 0 Å². The molecule has 1 aromatic carbocycles. The van der Waals surface area contributed by atoms with E-state index in [1.165, 1.54) is 0 Å². The van der Waals surface area contributed by atoms with Gasteiger partial charge in [0, 0.05) is 12.1 Å². The molecule has 0 saturated heterocycles. The van der Waals surface area contributed by atoms with Crippen LogP contribution in [0.3, 0.4) is 0 Å². The van der Waals surface area contributed by atoms with E-state index in [4.69, 9.17) is 5.11 Å². The maximum absolute atomic E-state index is 11.8. The second-order valence-electron chi connectivity index (χ2n) is 5.09. The van der Waals surface area contributed by atoms with Crippen LogP contribution in [-0.4, -0.2) is 17.0 Å². The average molecular weight is 263 g/mol. The number of carbonyl (C=O) groups excluding carboxylic acids is 1. The average Bonchev–Trinajstić information content (AvgIpc) is 2.31. The Balaban J connectivity index is 2.52. The lowest BCUT2D eigenvalue weighted by molar-refractivity contribution is -0.143. The van der Waals surface area contributed by atoms with Crippen LogP contribution in [0.25, 0.3) is 0 Å². The first-order valence-electron chi connectivity index (χ1n) is 6.50. The van der Waals surface area contributed by atoms with E-state index in [0.717, 1.165) is 11.3 Å². The van der Waals surface area contributed by atoms with Gasteiger partial charge in [0.15, 0.2) is 0 Å². The van der Waals surface area contributed by atoms with Crippen LogP contribution in [-0.2, 0) is 9.59 Å². The first-order valence-corrected chi connectivity index (χ1v) is 6.50. The Morgan fingerprint density at radius 3 is 2.42 bits per heavy atom. The number of rotatable bonds is 6. The molecular formula is C15H21NO3. The number of nitrogens with one attached hydrogen (secondary N) is 1. The number of hydrogen-bond donors (Lipinski definition) is 2. The van der Waals surface area contributed by atoms with Crippen molar-refractivity contribution >= 4 is 17.6 Å². The molecule has 19 heavy (non-hydrogen) atoms. The molecule has 0 aliphatic carbocycles. The van der Waals surface area contributed by atoms with Crippen molar-refractivity contribution in [2.45, 2.75) is 33.6 Å². The molecule has 0 aliphatic rings. The maximum Gasteiger partial charge on any atom is 0.306 e. The van der Waals surface area contributed by atoms with Crippen LogP contribution in [0.4, 0.5) is 5.69 Å². The quantitative estimate of drug-likeness (QED) is 0.829. The fourth-order valence-electron chi connectivity index (χ4n) is 1.95. The Bertz CT molecular complexity index is 454. The number of para-hydroxylation sites is 1. The Labute approximate surface area is 113 Å². The molecule has 1 amide bonds. The van der Waals surface area contributed by atoms with Gasteiger partial charge in [-0.15, -0.1) is 0 Å². The van der Waals surface area contributed by atoms with Crippen molar-refractivity contribution in [1.82, 2.24) is 0 Å². The molecule has 0 unspecified atom stereocenters. The maximum atomic E-state index is 11.8. The summed E-state index contributed by atoms with van der Waals surface area (Å²) in [5.41, 5.74) is 1.78. The van der Waals surface area contributed by atoms with E-state index in [-0.39, 0.29) is 18.2 Å². The summed E-state index contributed by atoms with van der Waals surface area (Å²) in [5.74, 6) is -1.41. The number of aryl methyl sites for hydroxylation is 1. The van der Waals surface area contributed by atoms with Gasteiger partial charge in [0.1, 0.15) is 0 Å². The molecule has 0 aromatic heterocycles. The third-order valence-electron chi connectivity index (χ3n) is 3.22. The molecule has 0 spiro atoms. The number of carboxylic acids is 1. The SMILES string of the molecule is Cc1ccccc1NC(=O)CC[C@H](C(=O)O)C(C)C. The van der Waals surface area contributed by atoms with Crippen molar-refractivity contribution in [1.29, 1.82) is 0 Å². The number of carbonyl (C=O) groups is 2. The van der Waals surface area contributed by atoms with Crippen LogP contribution in [0.5, 0.6) is 0 Å². The lowest BCUT2D eigenvalue weighted by Crippen LogP contribution is -2.22. The monoisotopic (exact) mass is 263 g/mol. The molecule has 1 atom stereocenters. The second kappa shape index (κ2) is 6.92. The Morgan fingerprint density at radius 2 is 1.89 bits per heavy atom. The van der Waals surface area contributed by atoms with E-state index >= 15 is 0 Å². The second-order valence-corrected chi connectivity index (χ2v) is 5.09. The summed E-state index contributed by atoms with van der Waals surface area (Å²) in [6, 6.07) is 7.52. The van der Waals surface area contributed by atoms with E-state index in [1.807, 2.05) is 45.0 Å². The molecule has 0 bridgehead atoms. The Hall–Kier alpha value is -1.84. The highest BCUT2D eigenvalue weighted by Gasteiger charge is 2.22. The number of hydrogen-bond acceptors (Lipinski definition) is 2. The number of benzene rings is 1. The summed E-state index contributed by atoms with van der Waals surface area (Å²) >= 11 is 0. The fraction of sp³-hybridized carbons (Fsp3) is 0.467. The van der Waals surface area contributed by atoms with Gasteiger partial charge in [0.05, 0.1) is 5.92 Å². The first kappa shape index (κ1) is 15.2. The minimum atomic E-state index is -0.835. The van der Waals surface area contributed by atoms with Gasteiger partial charge in [0.25, 0.3) is 0 Å². The molecule has 4 nitrogen and oxygen atoms in total. The molecule has 4 heteroatoms. The van der Waals surface area contributed by atoms with Crippen molar-refractivity contribution in [3.8, 4) is 0 Å². The molecule has 104 valence electrons. The van der Waals surface area contributed by atoms with Crippen LogP contribution < -0.4 is 5.32 Å². The highest BCUT2D eigenvalue weighted by Crippen LogP contribution is 2.19. The van der Waals surface area contributed by atoms with E-state index in [2.05, 4.69) is 5.32 Å². The van der Waals surface area contributed by atoms with Gasteiger partial charge < -0.3 is 10.4 Å². The fourth-order valence-corrected chi connectivity index (χ4v) is 1.95. The zero-order valence-corrected chi connectivity index (χ0v) is 11.6. The number of anilines is 1. The van der Waals surface area contributed by atoms with Gasteiger partial charge in [0.2, 0.25) is 5.91 Å². The molecule has 1 aromatic rings. The molecule has 0 radical (unpaired) electrons. The lowest BCUT2D eigenvalue weighted by atomic mass is 9.91. The molecular weight excluding hydrogens is 242 g/mol. The van der Waals surface area contributed by atoms with Crippen LogP contribution >= 0.6 is 0 Å². The first-order chi connectivity index (χ1) is 8.91. The molecule has 0 aliphatic heterocycles. The highest BCUT2D eigenvalue weighted by molar-refractivity contribution is 5.91. The minimum Gasteiger partial charge on any atom is -0.481 e. The summed E-state index contributed by atoms with van der Waals surface area (Å²) in [5, 5.41) is 11.9. The van der Waals surface area contributed by atoms with Crippen molar-refractivity contribution in [3.05, 3.63) is 29.8 Å². The summed E-state index contributed by atoms with van der Waals surface area (Å²) in [7, 11) is 0. The number of amides is 1. The van der Waals surface area contributed by atoms with Crippen LogP contribution in [0, 0.1) is 18.8 Å². The van der Waals surface area contributed by atoms with Gasteiger partial charge in [-0.1, -0.05) is 32.0 Å². The van der Waals surface area contributed by atoms with Gasteiger partial charge >= 0.3 is 5.97 Å². The van der Waals surface area contributed by atoms with Crippen LogP contribution in [0.15, 0.2) is 24.3 Å². The zero-order chi connectivity index (χ0) is 14.4. The van der Waals surface area contributed by atoms with E-state index in [0.29, 0.717) is 6.42 Å². The van der Waals surface area contributed by atoms with Crippen molar-refractivity contribution in [3.63, 3.8) is 0 Å². The predicted molar refractivity (Wildman–Crippen MR) is 75.0 cm³/mol. The van der Waals surface area contributed by atoms with Crippen molar-refractivity contribution < 1.29 is 14.7 Å². The Kier molecular flexibility index (Phi) is 5.55. The van der Waals surface area contributed by atoms with Crippen LogP contribution in [0.1, 0.15) is 32.3 Å². The largest absolute Gasteiger partial charge is 0.481 e. The topological polar surface area (TPSA) is 66.4 Å². The third kappa shape index (κ3) is 4.73. The molecule has 1 rings (SSSR count). The van der Waals surface area contributed by atoms with Gasteiger partial charge in [-0.05, 0) is 30.9 Å². The summed E-state index contributed by atoms with van der Waals surface area (Å²) in [4.78, 5) is 22.8. The summed E-state index contributed by atoms with van der Waals surface area (Å²) < 4.78 is 0. The lowest BCUT2D eigenvalue weighted by Gasteiger charge is -2.15. The van der Waals surface area contributed by atoms with Crippen molar-refractivity contribution in [2.75, 3.05) is 5.32 Å². The number of aliphatic carboxylic acids is 1. The highest BCUT2D eigenvalue weighted by atomic mass is 16.4. The summed E-state index contributed by atoms with van der Waals surface area (Å²) in [6.07, 6.45) is 0.591. The standard InChI is InChI=1S/C15H21NO3/c1-10(2)12(15(18)19)8-9-14(17)16-13-7-5-4-6-11(13)3/h4-7,10,12H,8-9H2,1-3H3,(H,16,17)(H,18,19)/t12-/m0/s1. The molecule has 2 N–H and O–H groups in total. The zero-order valence-electron chi connectivity index (χ0n) is 11.6. The Morgan fingerprint density at radius 1 is 1.26 bits per heavy atom. The van der Waals surface area contributed by atoms with Crippen LogP contribution in [0.2, 0.25) is 0 Å². The minimum absolute atomic E-state index is 0.0313. The molecule has 0 saturated carbocycles. The predicted octanol–water partition coefficient (Wildman–Crippen LogP) is 3.07.